The van der Waals surface area contributed by atoms with E-state index in [1.54, 1.807) is 11.0 Å². The number of hydrogen-bond acceptors (Lipinski definition) is 2. The van der Waals surface area contributed by atoms with Gasteiger partial charge < -0.3 is 9.80 Å². The van der Waals surface area contributed by atoms with Crippen molar-refractivity contribution in [2.75, 3.05) is 24.5 Å². The minimum atomic E-state index is -0.0179. The first kappa shape index (κ1) is 14.2. The van der Waals surface area contributed by atoms with Gasteiger partial charge in [0.2, 0.25) is 5.91 Å². The summed E-state index contributed by atoms with van der Waals surface area (Å²) < 4.78 is 0. The fraction of sp³-hybridized carbons (Fsp3) is 0.357. The fourth-order valence-electron chi connectivity index (χ4n) is 2.38. The van der Waals surface area contributed by atoms with E-state index >= 15 is 0 Å². The number of benzene rings is 1. The van der Waals surface area contributed by atoms with E-state index in [0.717, 1.165) is 12.2 Å². The highest BCUT2D eigenvalue weighted by atomic mass is 35.5. The molecule has 0 unspecified atom stereocenters. The molecule has 1 heterocycles. The van der Waals surface area contributed by atoms with Crippen molar-refractivity contribution in [2.24, 2.45) is 0 Å². The molecule has 102 valence electrons. The Labute approximate surface area is 123 Å². The predicted molar refractivity (Wildman–Crippen MR) is 80.0 cm³/mol. The van der Waals surface area contributed by atoms with Crippen LogP contribution in [0.2, 0.25) is 10.0 Å². The summed E-state index contributed by atoms with van der Waals surface area (Å²) in [6.45, 7) is 7.72. The first-order chi connectivity index (χ1) is 9.01. The summed E-state index contributed by atoms with van der Waals surface area (Å²) in [6.07, 6.45) is 1.36. The SMILES string of the molecule is C=CC(=O)N1CCN(c2cc(Cl)cc(Cl)c2)[C@@H](C)C1. The summed E-state index contributed by atoms with van der Waals surface area (Å²) in [6, 6.07) is 5.73. The van der Waals surface area contributed by atoms with Crippen LogP contribution in [0.4, 0.5) is 5.69 Å². The third-order valence-electron chi connectivity index (χ3n) is 3.29. The number of hydrogen-bond donors (Lipinski definition) is 0. The average molecular weight is 299 g/mol. The molecule has 0 N–H and O–H groups in total. The lowest BCUT2D eigenvalue weighted by atomic mass is 10.1. The van der Waals surface area contributed by atoms with Gasteiger partial charge in [-0.3, -0.25) is 4.79 Å². The zero-order chi connectivity index (χ0) is 14.0. The molecule has 1 atom stereocenters. The molecule has 0 radical (unpaired) electrons. The third kappa shape index (κ3) is 3.23. The average Bonchev–Trinajstić information content (AvgIpc) is 2.36. The first-order valence-electron chi connectivity index (χ1n) is 6.15. The highest BCUT2D eigenvalue weighted by Crippen LogP contribution is 2.28. The molecule has 3 nitrogen and oxygen atoms in total. The van der Waals surface area contributed by atoms with Gasteiger partial charge in [0.1, 0.15) is 0 Å². The lowest BCUT2D eigenvalue weighted by molar-refractivity contribution is -0.126. The first-order valence-corrected chi connectivity index (χ1v) is 6.91. The summed E-state index contributed by atoms with van der Waals surface area (Å²) in [4.78, 5) is 15.6. The van der Waals surface area contributed by atoms with Gasteiger partial charge in [-0.1, -0.05) is 29.8 Å². The lowest BCUT2D eigenvalue weighted by Gasteiger charge is -2.41. The van der Waals surface area contributed by atoms with Gasteiger partial charge >= 0.3 is 0 Å². The maximum atomic E-state index is 11.6. The molecule has 1 aliphatic rings. The number of piperazine rings is 1. The number of rotatable bonds is 2. The van der Waals surface area contributed by atoms with Crippen molar-refractivity contribution in [3.8, 4) is 0 Å². The maximum absolute atomic E-state index is 11.6. The van der Waals surface area contributed by atoms with Gasteiger partial charge in [-0.05, 0) is 31.2 Å². The molecular formula is C14H16Cl2N2O. The van der Waals surface area contributed by atoms with Crippen LogP contribution in [0.15, 0.2) is 30.9 Å². The molecule has 0 aromatic heterocycles. The Bertz CT molecular complexity index is 484. The van der Waals surface area contributed by atoms with E-state index in [1.165, 1.54) is 6.08 Å². The van der Waals surface area contributed by atoms with Crippen molar-refractivity contribution in [2.45, 2.75) is 13.0 Å². The maximum Gasteiger partial charge on any atom is 0.246 e. The largest absolute Gasteiger partial charge is 0.365 e. The normalized spacial score (nSPS) is 19.4. The molecule has 19 heavy (non-hydrogen) atoms. The van der Waals surface area contributed by atoms with Crippen LogP contribution in [-0.2, 0) is 4.79 Å². The summed E-state index contributed by atoms with van der Waals surface area (Å²) >= 11 is 12.1. The minimum Gasteiger partial charge on any atom is -0.365 e. The Hall–Kier alpha value is -1.19. The van der Waals surface area contributed by atoms with Crippen molar-refractivity contribution in [1.29, 1.82) is 0 Å². The van der Waals surface area contributed by atoms with Crippen molar-refractivity contribution in [3.05, 3.63) is 40.9 Å². The third-order valence-corrected chi connectivity index (χ3v) is 3.73. The minimum absolute atomic E-state index is 0.0179. The number of carbonyl (C=O) groups is 1. The second kappa shape index (κ2) is 5.85. The molecule has 1 saturated heterocycles. The summed E-state index contributed by atoms with van der Waals surface area (Å²) in [7, 11) is 0. The molecule has 0 aliphatic carbocycles. The highest BCUT2D eigenvalue weighted by molar-refractivity contribution is 6.35. The summed E-state index contributed by atoms with van der Waals surface area (Å²) in [5.74, 6) is -0.0179. The summed E-state index contributed by atoms with van der Waals surface area (Å²) in [5, 5.41) is 1.25. The van der Waals surface area contributed by atoms with Crippen LogP contribution in [-0.4, -0.2) is 36.5 Å². The number of nitrogens with zero attached hydrogens (tertiary/aromatic N) is 2. The lowest BCUT2D eigenvalue weighted by Crippen LogP contribution is -2.53. The van der Waals surface area contributed by atoms with Crippen LogP contribution in [0, 0.1) is 0 Å². The van der Waals surface area contributed by atoms with E-state index in [-0.39, 0.29) is 11.9 Å². The highest BCUT2D eigenvalue weighted by Gasteiger charge is 2.26. The number of anilines is 1. The smallest absolute Gasteiger partial charge is 0.246 e. The Morgan fingerprint density at radius 3 is 2.47 bits per heavy atom. The Kier molecular flexibility index (Phi) is 4.38. The molecule has 0 spiro atoms. The van der Waals surface area contributed by atoms with Gasteiger partial charge in [-0.25, -0.2) is 0 Å². The Morgan fingerprint density at radius 1 is 1.32 bits per heavy atom. The number of amides is 1. The van der Waals surface area contributed by atoms with E-state index < -0.39 is 0 Å². The van der Waals surface area contributed by atoms with E-state index in [2.05, 4.69) is 18.4 Å². The van der Waals surface area contributed by atoms with Gasteiger partial charge in [0.05, 0.1) is 0 Å². The molecule has 0 bridgehead atoms. The van der Waals surface area contributed by atoms with Crippen molar-refractivity contribution >= 4 is 34.8 Å². The van der Waals surface area contributed by atoms with E-state index in [4.69, 9.17) is 23.2 Å². The van der Waals surface area contributed by atoms with Crippen LogP contribution in [0.25, 0.3) is 0 Å². The Balaban J connectivity index is 2.15. The molecular weight excluding hydrogens is 283 g/mol. The van der Waals surface area contributed by atoms with Gasteiger partial charge in [-0.15, -0.1) is 0 Å². The van der Waals surface area contributed by atoms with Crippen LogP contribution in [0.5, 0.6) is 0 Å². The molecule has 5 heteroatoms. The summed E-state index contributed by atoms with van der Waals surface area (Å²) in [5.41, 5.74) is 0.996. The van der Waals surface area contributed by atoms with Crippen molar-refractivity contribution in [1.82, 2.24) is 4.90 Å². The van der Waals surface area contributed by atoms with Gasteiger partial charge in [0, 0.05) is 41.4 Å². The van der Waals surface area contributed by atoms with E-state index in [9.17, 15) is 4.79 Å². The van der Waals surface area contributed by atoms with Crippen molar-refractivity contribution < 1.29 is 4.79 Å². The van der Waals surface area contributed by atoms with Crippen LogP contribution >= 0.6 is 23.2 Å². The Morgan fingerprint density at radius 2 is 1.95 bits per heavy atom. The van der Waals surface area contributed by atoms with Crippen LogP contribution in [0.3, 0.4) is 0 Å². The zero-order valence-electron chi connectivity index (χ0n) is 10.8. The molecule has 2 rings (SSSR count). The van der Waals surface area contributed by atoms with Crippen LogP contribution in [0.1, 0.15) is 6.92 Å². The van der Waals surface area contributed by atoms with Gasteiger partial charge in [0.15, 0.2) is 0 Å². The second-order valence-electron chi connectivity index (χ2n) is 4.66. The predicted octanol–water partition coefficient (Wildman–Crippen LogP) is 3.22. The zero-order valence-corrected chi connectivity index (χ0v) is 12.3. The molecule has 0 saturated carbocycles. The van der Waals surface area contributed by atoms with E-state index in [1.807, 2.05) is 12.1 Å². The van der Waals surface area contributed by atoms with Gasteiger partial charge in [0.25, 0.3) is 0 Å². The number of carbonyl (C=O) groups excluding carboxylic acids is 1. The molecule has 1 fully saturated rings. The van der Waals surface area contributed by atoms with Crippen molar-refractivity contribution in [3.63, 3.8) is 0 Å². The molecule has 1 aliphatic heterocycles. The van der Waals surface area contributed by atoms with Gasteiger partial charge in [-0.2, -0.15) is 0 Å². The quantitative estimate of drug-likeness (QED) is 0.783. The number of halogens is 2. The van der Waals surface area contributed by atoms with Crippen LogP contribution < -0.4 is 4.90 Å². The van der Waals surface area contributed by atoms with E-state index in [0.29, 0.717) is 23.1 Å². The fourth-order valence-corrected chi connectivity index (χ4v) is 2.89. The topological polar surface area (TPSA) is 23.6 Å². The standard InChI is InChI=1S/C14H16Cl2N2O/c1-3-14(19)17-4-5-18(10(2)9-17)13-7-11(15)6-12(16)8-13/h3,6-8,10H,1,4-5,9H2,2H3/t10-/m0/s1. The molecule has 1 aromatic rings. The molecule has 1 aromatic carbocycles. The molecule has 1 amide bonds. The second-order valence-corrected chi connectivity index (χ2v) is 5.53. The monoisotopic (exact) mass is 298 g/mol.